The Morgan fingerprint density at radius 2 is 2.21 bits per heavy atom. The molecule has 0 aliphatic heterocycles. The maximum absolute atomic E-state index is 11.3. The number of aromatic nitrogens is 2. The Labute approximate surface area is 118 Å². The molecule has 19 heavy (non-hydrogen) atoms. The third-order valence-corrected chi connectivity index (χ3v) is 4.34. The minimum atomic E-state index is -0.484. The fraction of sp³-hybridized carbons (Fsp3) is 0.600. The van der Waals surface area contributed by atoms with Gasteiger partial charge in [0.1, 0.15) is 0 Å². The molecule has 104 valence electrons. The second-order valence-electron chi connectivity index (χ2n) is 4.02. The van der Waals surface area contributed by atoms with Crippen molar-refractivity contribution in [3.8, 4) is 0 Å². The lowest BCUT2D eigenvalue weighted by molar-refractivity contribution is -0.119. The molecule has 2 rings (SSSR count). The number of nitrogens with one attached hydrogen (secondary N) is 3. The number of anilines is 1. The van der Waals surface area contributed by atoms with Crippen molar-refractivity contribution in [3.63, 3.8) is 0 Å². The zero-order chi connectivity index (χ0) is 13.7. The molecule has 0 atom stereocenters. The van der Waals surface area contributed by atoms with Crippen LogP contribution in [0.3, 0.4) is 0 Å². The number of urea groups is 1. The normalized spacial score (nSPS) is 13.9. The van der Waals surface area contributed by atoms with Crippen molar-refractivity contribution in [1.29, 1.82) is 0 Å². The first-order chi connectivity index (χ1) is 9.17. The van der Waals surface area contributed by atoms with Gasteiger partial charge in [-0.25, -0.2) is 4.79 Å². The van der Waals surface area contributed by atoms with Crippen molar-refractivity contribution >= 4 is 40.2 Å². The predicted octanol–water partition coefficient (Wildman–Crippen LogP) is 1.05. The van der Waals surface area contributed by atoms with E-state index in [1.807, 2.05) is 0 Å². The van der Waals surface area contributed by atoms with E-state index in [-0.39, 0.29) is 12.3 Å². The van der Waals surface area contributed by atoms with Gasteiger partial charge in [-0.1, -0.05) is 23.1 Å². The van der Waals surface area contributed by atoms with Crippen LogP contribution in [0.5, 0.6) is 0 Å². The maximum Gasteiger partial charge on any atom is 0.321 e. The summed E-state index contributed by atoms with van der Waals surface area (Å²) in [6.07, 6.45) is 2.66. The van der Waals surface area contributed by atoms with Crippen molar-refractivity contribution in [2.45, 2.75) is 29.6 Å². The lowest BCUT2D eigenvalue weighted by Crippen LogP contribution is -2.37. The van der Waals surface area contributed by atoms with Crippen LogP contribution in [0.15, 0.2) is 4.34 Å². The summed E-state index contributed by atoms with van der Waals surface area (Å²) >= 11 is 2.95. The van der Waals surface area contributed by atoms with E-state index in [1.165, 1.54) is 43.0 Å². The zero-order valence-corrected chi connectivity index (χ0v) is 12.1. The van der Waals surface area contributed by atoms with E-state index in [4.69, 9.17) is 0 Å². The number of imide groups is 1. The Morgan fingerprint density at radius 3 is 2.89 bits per heavy atom. The van der Waals surface area contributed by atoms with E-state index in [9.17, 15) is 9.59 Å². The van der Waals surface area contributed by atoms with E-state index < -0.39 is 6.03 Å². The largest absolute Gasteiger partial charge is 0.357 e. The van der Waals surface area contributed by atoms with Crippen LogP contribution in [0.2, 0.25) is 0 Å². The lowest BCUT2D eigenvalue weighted by Gasteiger charge is -2.01. The Kier molecular flexibility index (Phi) is 4.97. The molecule has 1 aromatic rings. The molecule has 1 aliphatic rings. The summed E-state index contributed by atoms with van der Waals surface area (Å²) in [6.45, 7) is 0. The molecule has 1 heterocycles. The van der Waals surface area contributed by atoms with Crippen molar-refractivity contribution in [2.75, 3.05) is 18.1 Å². The fourth-order valence-electron chi connectivity index (χ4n) is 1.21. The second kappa shape index (κ2) is 6.71. The maximum atomic E-state index is 11.3. The highest BCUT2D eigenvalue weighted by Gasteiger charge is 2.22. The van der Waals surface area contributed by atoms with E-state index in [0.717, 1.165) is 9.47 Å². The average Bonchev–Trinajstić information content (AvgIpc) is 3.08. The number of hydrogen-bond acceptors (Lipinski definition) is 7. The molecular weight excluding hydrogens is 286 g/mol. The Morgan fingerprint density at radius 1 is 1.42 bits per heavy atom. The first-order valence-electron chi connectivity index (χ1n) is 5.92. The van der Waals surface area contributed by atoms with Gasteiger partial charge in [-0.05, 0) is 12.8 Å². The topological polar surface area (TPSA) is 96.0 Å². The van der Waals surface area contributed by atoms with E-state index >= 15 is 0 Å². The Bertz CT molecular complexity index is 461. The van der Waals surface area contributed by atoms with Gasteiger partial charge in [-0.15, -0.1) is 10.2 Å². The minimum absolute atomic E-state index is 0.267. The number of nitrogens with zero attached hydrogens (tertiary/aromatic N) is 2. The first kappa shape index (κ1) is 14.1. The molecule has 0 saturated heterocycles. The molecule has 1 aliphatic carbocycles. The molecule has 9 heteroatoms. The van der Waals surface area contributed by atoms with Crippen molar-refractivity contribution in [1.82, 2.24) is 20.8 Å². The second-order valence-corrected chi connectivity index (χ2v) is 6.34. The summed E-state index contributed by atoms with van der Waals surface area (Å²) < 4.78 is 0.830. The summed E-state index contributed by atoms with van der Waals surface area (Å²) in [5.41, 5.74) is 0. The highest BCUT2D eigenvalue weighted by Crippen LogP contribution is 2.30. The molecule has 3 amide bonds. The van der Waals surface area contributed by atoms with Crippen LogP contribution in [0.4, 0.5) is 9.93 Å². The summed E-state index contributed by atoms with van der Waals surface area (Å²) in [5, 5.41) is 16.7. The third kappa shape index (κ3) is 5.03. The molecular formula is C10H15N5O2S2. The van der Waals surface area contributed by atoms with E-state index in [2.05, 4.69) is 26.1 Å². The van der Waals surface area contributed by atoms with Gasteiger partial charge < -0.3 is 10.6 Å². The molecule has 0 radical (unpaired) electrons. The number of amides is 3. The smallest absolute Gasteiger partial charge is 0.321 e. The highest BCUT2D eigenvalue weighted by atomic mass is 32.2. The van der Waals surface area contributed by atoms with Gasteiger partial charge in [0.2, 0.25) is 11.0 Å². The predicted molar refractivity (Wildman–Crippen MR) is 74.5 cm³/mol. The van der Waals surface area contributed by atoms with Crippen LogP contribution in [-0.4, -0.2) is 41.0 Å². The van der Waals surface area contributed by atoms with Gasteiger partial charge in [0.25, 0.3) is 0 Å². The first-order valence-corrected chi connectivity index (χ1v) is 7.72. The van der Waals surface area contributed by atoms with Crippen molar-refractivity contribution in [2.24, 2.45) is 0 Å². The van der Waals surface area contributed by atoms with Crippen LogP contribution in [0.25, 0.3) is 0 Å². The average molecular weight is 301 g/mol. The minimum Gasteiger partial charge on any atom is -0.357 e. The molecule has 7 nitrogen and oxygen atoms in total. The molecule has 0 spiro atoms. The van der Waals surface area contributed by atoms with Crippen LogP contribution < -0.4 is 16.0 Å². The quantitative estimate of drug-likeness (QED) is 0.680. The molecule has 0 aromatic carbocycles. The number of carbonyl (C=O) groups excluding carboxylic acids is 2. The zero-order valence-electron chi connectivity index (χ0n) is 10.4. The van der Waals surface area contributed by atoms with E-state index in [1.54, 1.807) is 0 Å². The SMILES string of the molecule is CNC(=O)NC(=O)CCSc1nnc(NC2CC2)s1. The molecule has 1 saturated carbocycles. The standard InChI is InChI=1S/C10H15N5O2S2/c1-11-8(17)13-7(16)4-5-18-10-15-14-9(19-10)12-6-2-3-6/h6H,2-5H2,1H3,(H,12,14)(H2,11,13,16,17). The summed E-state index contributed by atoms with van der Waals surface area (Å²) in [4.78, 5) is 22.2. The molecule has 1 fully saturated rings. The van der Waals surface area contributed by atoms with Gasteiger partial charge in [0.15, 0.2) is 4.34 Å². The van der Waals surface area contributed by atoms with E-state index in [0.29, 0.717) is 11.8 Å². The third-order valence-electron chi connectivity index (χ3n) is 2.35. The molecule has 0 unspecified atom stereocenters. The van der Waals surface area contributed by atoms with Crippen LogP contribution in [0.1, 0.15) is 19.3 Å². The lowest BCUT2D eigenvalue weighted by atomic mass is 10.4. The number of hydrogen-bond donors (Lipinski definition) is 3. The Balaban J connectivity index is 1.65. The molecule has 0 bridgehead atoms. The van der Waals surface area contributed by atoms with Crippen LogP contribution >= 0.6 is 23.1 Å². The van der Waals surface area contributed by atoms with Gasteiger partial charge >= 0.3 is 6.03 Å². The molecule has 3 N–H and O–H groups in total. The fourth-order valence-corrected chi connectivity index (χ4v) is 3.05. The Hall–Kier alpha value is -1.35. The van der Waals surface area contributed by atoms with Gasteiger partial charge in [-0.3, -0.25) is 10.1 Å². The highest BCUT2D eigenvalue weighted by molar-refractivity contribution is 8.01. The van der Waals surface area contributed by atoms with Gasteiger partial charge in [0.05, 0.1) is 0 Å². The summed E-state index contributed by atoms with van der Waals surface area (Å²) in [7, 11) is 1.47. The number of thioether (sulfide) groups is 1. The number of carbonyl (C=O) groups is 2. The van der Waals surface area contributed by atoms with Gasteiger partial charge in [-0.2, -0.15) is 0 Å². The summed E-state index contributed by atoms with van der Waals surface area (Å²) in [6, 6.07) is 0.0750. The van der Waals surface area contributed by atoms with Crippen LogP contribution in [-0.2, 0) is 4.79 Å². The van der Waals surface area contributed by atoms with Crippen molar-refractivity contribution < 1.29 is 9.59 Å². The van der Waals surface area contributed by atoms with Crippen molar-refractivity contribution in [3.05, 3.63) is 0 Å². The number of rotatable bonds is 6. The van der Waals surface area contributed by atoms with Gasteiger partial charge in [0, 0.05) is 25.3 Å². The van der Waals surface area contributed by atoms with Crippen LogP contribution in [0, 0.1) is 0 Å². The molecule has 1 aromatic heterocycles. The monoisotopic (exact) mass is 301 g/mol. The summed E-state index contributed by atoms with van der Waals surface area (Å²) in [5.74, 6) is 0.272.